The summed E-state index contributed by atoms with van der Waals surface area (Å²) in [5, 5.41) is 3.64. The van der Waals surface area contributed by atoms with E-state index in [9.17, 15) is 0 Å². The lowest BCUT2D eigenvalue weighted by atomic mass is 10.1. The minimum atomic E-state index is 0.867. The van der Waals surface area contributed by atoms with E-state index in [-0.39, 0.29) is 0 Å². The number of hydrogen-bond acceptors (Lipinski definition) is 3. The van der Waals surface area contributed by atoms with E-state index in [2.05, 4.69) is 5.32 Å². The summed E-state index contributed by atoms with van der Waals surface area (Å²) in [4.78, 5) is 0. The Hall–Kier alpha value is -0.120. The van der Waals surface area contributed by atoms with Crippen molar-refractivity contribution in [2.75, 3.05) is 26.2 Å². The molecule has 0 aromatic carbocycles. The van der Waals surface area contributed by atoms with E-state index in [1.807, 2.05) is 0 Å². The molecule has 0 aliphatic rings. The number of nitrogens with one attached hydrogen (secondary N) is 1. The van der Waals surface area contributed by atoms with E-state index >= 15 is 0 Å². The highest BCUT2D eigenvalue weighted by Gasteiger charge is 1.95. The van der Waals surface area contributed by atoms with Crippen molar-refractivity contribution < 1.29 is 0 Å². The van der Waals surface area contributed by atoms with Gasteiger partial charge in [0.1, 0.15) is 0 Å². The zero-order valence-corrected chi connectivity index (χ0v) is 20.0. The van der Waals surface area contributed by atoms with Gasteiger partial charge in [-0.15, -0.1) is 0 Å². The number of nitrogens with two attached hydrogens (primary N) is 2. The first-order valence-electron chi connectivity index (χ1n) is 13.5. The van der Waals surface area contributed by atoms with Gasteiger partial charge in [0.15, 0.2) is 0 Å². The standard InChI is InChI=1S/C26H57N3/c27-23-19-15-11-7-3-1-5-9-13-17-21-25-29-26-22-18-14-10-6-2-4-8-12-16-20-24-28/h29H,1-28H2. The van der Waals surface area contributed by atoms with Crippen molar-refractivity contribution in [3.8, 4) is 0 Å². The summed E-state index contributed by atoms with van der Waals surface area (Å²) in [6, 6.07) is 0. The van der Waals surface area contributed by atoms with Crippen LogP contribution in [0.15, 0.2) is 0 Å². The molecular formula is C26H57N3. The van der Waals surface area contributed by atoms with E-state index in [0.717, 1.165) is 13.1 Å². The van der Waals surface area contributed by atoms with Gasteiger partial charge < -0.3 is 16.8 Å². The summed E-state index contributed by atoms with van der Waals surface area (Å²) in [6.07, 6.45) is 30.6. The summed E-state index contributed by atoms with van der Waals surface area (Å²) >= 11 is 0. The van der Waals surface area contributed by atoms with Crippen LogP contribution >= 0.6 is 0 Å². The Kier molecular flexibility index (Phi) is 27.8. The maximum atomic E-state index is 5.52. The first kappa shape index (κ1) is 28.9. The zero-order valence-electron chi connectivity index (χ0n) is 20.0. The lowest BCUT2D eigenvalue weighted by Crippen LogP contribution is -2.16. The van der Waals surface area contributed by atoms with Gasteiger partial charge in [-0.25, -0.2) is 0 Å². The van der Waals surface area contributed by atoms with Crippen molar-refractivity contribution in [1.82, 2.24) is 5.32 Å². The van der Waals surface area contributed by atoms with Crippen LogP contribution in [0.2, 0.25) is 0 Å². The molecule has 0 heterocycles. The molecule has 0 rings (SSSR count). The molecule has 0 spiro atoms. The van der Waals surface area contributed by atoms with Crippen LogP contribution in [0.25, 0.3) is 0 Å². The van der Waals surface area contributed by atoms with E-state index in [1.165, 1.54) is 154 Å². The van der Waals surface area contributed by atoms with Gasteiger partial charge in [-0.1, -0.05) is 116 Å². The zero-order chi connectivity index (χ0) is 21.1. The SMILES string of the molecule is NCCCCCCCCCCCCCNCCCCCCCCCCCCCN. The van der Waals surface area contributed by atoms with Crippen molar-refractivity contribution >= 4 is 0 Å². The average molecular weight is 412 g/mol. The molecule has 0 saturated carbocycles. The largest absolute Gasteiger partial charge is 0.330 e. The van der Waals surface area contributed by atoms with Crippen LogP contribution in [0.3, 0.4) is 0 Å². The van der Waals surface area contributed by atoms with Crippen LogP contribution in [-0.2, 0) is 0 Å². The van der Waals surface area contributed by atoms with E-state index < -0.39 is 0 Å². The van der Waals surface area contributed by atoms with Crippen molar-refractivity contribution in [3.63, 3.8) is 0 Å². The summed E-state index contributed by atoms with van der Waals surface area (Å²) in [7, 11) is 0. The Morgan fingerprint density at radius 1 is 0.276 bits per heavy atom. The van der Waals surface area contributed by atoms with Gasteiger partial charge in [-0.2, -0.15) is 0 Å². The Morgan fingerprint density at radius 3 is 0.724 bits per heavy atom. The van der Waals surface area contributed by atoms with Gasteiger partial charge in [0.2, 0.25) is 0 Å². The average Bonchev–Trinajstić information content (AvgIpc) is 2.74. The molecule has 176 valence electrons. The second-order valence-corrected chi connectivity index (χ2v) is 9.11. The first-order chi connectivity index (χ1) is 14.4. The summed E-state index contributed by atoms with van der Waals surface area (Å²) in [6.45, 7) is 4.19. The fraction of sp³-hybridized carbons (Fsp3) is 1.00. The molecule has 29 heavy (non-hydrogen) atoms. The molecule has 0 aromatic heterocycles. The maximum Gasteiger partial charge on any atom is -0.00489 e. The highest BCUT2D eigenvalue weighted by atomic mass is 14.8. The molecule has 5 N–H and O–H groups in total. The number of hydrogen-bond donors (Lipinski definition) is 3. The third kappa shape index (κ3) is 27.9. The van der Waals surface area contributed by atoms with Gasteiger partial charge in [0.25, 0.3) is 0 Å². The Morgan fingerprint density at radius 2 is 0.483 bits per heavy atom. The highest BCUT2D eigenvalue weighted by molar-refractivity contribution is 4.53. The van der Waals surface area contributed by atoms with Crippen LogP contribution in [-0.4, -0.2) is 26.2 Å². The number of unbranched alkanes of at least 4 members (excludes halogenated alkanes) is 20. The molecule has 0 aliphatic heterocycles. The van der Waals surface area contributed by atoms with Gasteiger partial charge >= 0.3 is 0 Å². The molecule has 0 unspecified atom stereocenters. The Labute approximate surface area is 184 Å². The highest BCUT2D eigenvalue weighted by Crippen LogP contribution is 2.12. The van der Waals surface area contributed by atoms with Gasteiger partial charge in [-0.05, 0) is 51.9 Å². The molecule has 0 aliphatic carbocycles. The van der Waals surface area contributed by atoms with Crippen LogP contribution in [0.4, 0.5) is 0 Å². The molecule has 0 atom stereocenters. The molecule has 0 fully saturated rings. The Bertz CT molecular complexity index is 245. The summed E-state index contributed by atoms with van der Waals surface area (Å²) in [5.41, 5.74) is 11.0. The van der Waals surface area contributed by atoms with Gasteiger partial charge in [-0.3, -0.25) is 0 Å². The fourth-order valence-electron chi connectivity index (χ4n) is 4.10. The molecule has 0 radical (unpaired) electrons. The number of rotatable bonds is 26. The smallest absolute Gasteiger partial charge is 0.00489 e. The minimum Gasteiger partial charge on any atom is -0.330 e. The topological polar surface area (TPSA) is 64.1 Å². The summed E-state index contributed by atoms with van der Waals surface area (Å²) < 4.78 is 0. The van der Waals surface area contributed by atoms with Crippen LogP contribution < -0.4 is 16.8 Å². The fourth-order valence-corrected chi connectivity index (χ4v) is 4.10. The normalized spacial score (nSPS) is 11.4. The van der Waals surface area contributed by atoms with E-state index in [4.69, 9.17) is 11.5 Å². The van der Waals surface area contributed by atoms with Crippen molar-refractivity contribution in [1.29, 1.82) is 0 Å². The lowest BCUT2D eigenvalue weighted by molar-refractivity contribution is 0.522. The maximum absolute atomic E-state index is 5.52. The van der Waals surface area contributed by atoms with Crippen molar-refractivity contribution in [2.45, 2.75) is 141 Å². The monoisotopic (exact) mass is 411 g/mol. The van der Waals surface area contributed by atoms with Crippen LogP contribution in [0, 0.1) is 0 Å². The van der Waals surface area contributed by atoms with Crippen LogP contribution in [0.1, 0.15) is 141 Å². The third-order valence-electron chi connectivity index (χ3n) is 6.12. The van der Waals surface area contributed by atoms with Gasteiger partial charge in [0, 0.05) is 0 Å². The molecular weight excluding hydrogens is 354 g/mol. The second kappa shape index (κ2) is 27.9. The van der Waals surface area contributed by atoms with Crippen LogP contribution in [0.5, 0.6) is 0 Å². The quantitative estimate of drug-likeness (QED) is 0.133. The van der Waals surface area contributed by atoms with E-state index in [0.29, 0.717) is 0 Å². The predicted octanol–water partition coefficient (Wildman–Crippen LogP) is 7.08. The lowest BCUT2D eigenvalue weighted by Gasteiger charge is -2.06. The first-order valence-corrected chi connectivity index (χ1v) is 13.5. The van der Waals surface area contributed by atoms with Crippen molar-refractivity contribution in [2.24, 2.45) is 11.5 Å². The molecule has 0 amide bonds. The van der Waals surface area contributed by atoms with Gasteiger partial charge in [0.05, 0.1) is 0 Å². The van der Waals surface area contributed by atoms with E-state index in [1.54, 1.807) is 0 Å². The van der Waals surface area contributed by atoms with Crippen molar-refractivity contribution in [3.05, 3.63) is 0 Å². The molecule has 0 bridgehead atoms. The Balaban J connectivity index is 2.97. The summed E-state index contributed by atoms with van der Waals surface area (Å²) in [5.74, 6) is 0. The predicted molar refractivity (Wildman–Crippen MR) is 133 cm³/mol. The molecule has 3 nitrogen and oxygen atoms in total. The molecule has 0 saturated heterocycles. The third-order valence-corrected chi connectivity index (χ3v) is 6.12. The minimum absolute atomic E-state index is 0.867. The molecule has 3 heteroatoms. The molecule has 0 aromatic rings. The second-order valence-electron chi connectivity index (χ2n) is 9.11.